The number of aromatic nitrogens is 2. The van der Waals surface area contributed by atoms with Gasteiger partial charge in [0.05, 0.1) is 28.1 Å². The Bertz CT molecular complexity index is 1540. The van der Waals surface area contributed by atoms with E-state index in [9.17, 15) is 4.79 Å². The number of pyridine rings is 1. The van der Waals surface area contributed by atoms with Gasteiger partial charge in [-0.15, -0.1) is 0 Å². The van der Waals surface area contributed by atoms with Crippen molar-refractivity contribution in [1.29, 1.82) is 0 Å². The Labute approximate surface area is 213 Å². The number of rotatable bonds is 5. The fraction of sp³-hybridized carbons (Fsp3) is 0.207. The maximum absolute atomic E-state index is 13.7. The molecule has 2 aromatic heterocycles. The van der Waals surface area contributed by atoms with Crippen molar-refractivity contribution in [2.45, 2.75) is 6.92 Å². The molecule has 1 amide bonds. The summed E-state index contributed by atoms with van der Waals surface area (Å²) in [5, 5.41) is 1.87. The van der Waals surface area contributed by atoms with E-state index in [4.69, 9.17) is 14.7 Å². The van der Waals surface area contributed by atoms with E-state index in [1.54, 1.807) is 11.3 Å². The number of carbonyl (C=O) groups excluding carboxylic acids is 1. The lowest BCUT2D eigenvalue weighted by molar-refractivity contribution is 0.0748. The smallest absolute Gasteiger partial charge is 0.254 e. The normalized spacial score (nSPS) is 13.9. The zero-order valence-corrected chi connectivity index (χ0v) is 20.9. The SMILES string of the molecule is CCOc1cccc2sc(N3CCN(C(=O)c4cc(-c5ccccc5)nc5ccccc45)CC3)nc12. The van der Waals surface area contributed by atoms with Crippen LogP contribution in [0.4, 0.5) is 5.13 Å². The van der Waals surface area contributed by atoms with Crippen molar-refractivity contribution in [1.82, 2.24) is 14.9 Å². The zero-order valence-electron chi connectivity index (χ0n) is 20.1. The van der Waals surface area contributed by atoms with Crippen molar-refractivity contribution in [2.24, 2.45) is 0 Å². The molecule has 0 saturated carbocycles. The predicted octanol–water partition coefficient (Wildman–Crippen LogP) is 5.87. The Morgan fingerprint density at radius 3 is 2.50 bits per heavy atom. The summed E-state index contributed by atoms with van der Waals surface area (Å²) in [4.78, 5) is 27.7. The highest BCUT2D eigenvalue weighted by molar-refractivity contribution is 7.22. The van der Waals surface area contributed by atoms with Crippen LogP contribution in [0.1, 0.15) is 17.3 Å². The van der Waals surface area contributed by atoms with Gasteiger partial charge in [-0.3, -0.25) is 4.79 Å². The molecule has 0 N–H and O–H groups in total. The summed E-state index contributed by atoms with van der Waals surface area (Å²) in [6.07, 6.45) is 0. The number of hydrogen-bond acceptors (Lipinski definition) is 6. The lowest BCUT2D eigenvalue weighted by atomic mass is 10.0. The number of anilines is 1. The van der Waals surface area contributed by atoms with E-state index in [0.29, 0.717) is 25.3 Å². The van der Waals surface area contributed by atoms with Gasteiger partial charge in [0.1, 0.15) is 11.3 Å². The topological polar surface area (TPSA) is 58.6 Å². The number of para-hydroxylation sites is 2. The van der Waals surface area contributed by atoms with E-state index in [1.807, 2.05) is 84.6 Å². The van der Waals surface area contributed by atoms with Crippen molar-refractivity contribution in [2.75, 3.05) is 37.7 Å². The van der Waals surface area contributed by atoms with Gasteiger partial charge >= 0.3 is 0 Å². The second-order valence-electron chi connectivity index (χ2n) is 8.75. The molecule has 5 aromatic rings. The molecular formula is C29H26N4O2S. The molecule has 3 aromatic carbocycles. The van der Waals surface area contributed by atoms with Crippen LogP contribution < -0.4 is 9.64 Å². The van der Waals surface area contributed by atoms with Gasteiger partial charge in [0.25, 0.3) is 5.91 Å². The Morgan fingerprint density at radius 2 is 1.69 bits per heavy atom. The van der Waals surface area contributed by atoms with Gasteiger partial charge in [0.15, 0.2) is 5.13 Å². The van der Waals surface area contributed by atoms with Crippen molar-refractivity contribution in [3.05, 3.63) is 84.4 Å². The molecule has 6 nitrogen and oxygen atoms in total. The first-order valence-corrected chi connectivity index (χ1v) is 13.0. The molecule has 1 aliphatic rings. The summed E-state index contributed by atoms with van der Waals surface area (Å²) in [7, 11) is 0. The monoisotopic (exact) mass is 494 g/mol. The molecule has 3 heterocycles. The van der Waals surface area contributed by atoms with Gasteiger partial charge in [-0.05, 0) is 31.2 Å². The molecule has 1 aliphatic heterocycles. The Hall–Kier alpha value is -3.97. The summed E-state index contributed by atoms with van der Waals surface area (Å²) in [5.41, 5.74) is 4.27. The first kappa shape index (κ1) is 22.5. The van der Waals surface area contributed by atoms with E-state index in [0.717, 1.165) is 56.3 Å². The minimum Gasteiger partial charge on any atom is -0.492 e. The van der Waals surface area contributed by atoms with E-state index in [-0.39, 0.29) is 5.91 Å². The minimum atomic E-state index is 0.0494. The number of piperazine rings is 1. The average molecular weight is 495 g/mol. The second-order valence-corrected chi connectivity index (χ2v) is 9.76. The van der Waals surface area contributed by atoms with Crippen molar-refractivity contribution >= 4 is 43.5 Å². The van der Waals surface area contributed by atoms with Gasteiger partial charge in [0, 0.05) is 37.1 Å². The van der Waals surface area contributed by atoms with Gasteiger partial charge in [0.2, 0.25) is 0 Å². The number of amides is 1. The molecule has 0 atom stereocenters. The highest BCUT2D eigenvalue weighted by Crippen LogP contribution is 2.35. The maximum Gasteiger partial charge on any atom is 0.254 e. The molecule has 7 heteroatoms. The number of carbonyl (C=O) groups is 1. The second kappa shape index (κ2) is 9.59. The minimum absolute atomic E-state index is 0.0494. The number of fused-ring (bicyclic) bond motifs is 2. The molecule has 6 rings (SSSR count). The van der Waals surface area contributed by atoms with Crippen molar-refractivity contribution in [3.8, 4) is 17.0 Å². The average Bonchev–Trinajstić information content (AvgIpc) is 3.38. The van der Waals surface area contributed by atoms with Crippen LogP contribution in [-0.4, -0.2) is 53.6 Å². The first-order valence-electron chi connectivity index (χ1n) is 12.2. The highest BCUT2D eigenvalue weighted by Gasteiger charge is 2.26. The molecule has 1 fully saturated rings. The largest absolute Gasteiger partial charge is 0.492 e. The third-order valence-corrected chi connectivity index (χ3v) is 7.61. The van der Waals surface area contributed by atoms with Gasteiger partial charge in [-0.2, -0.15) is 0 Å². The van der Waals surface area contributed by atoms with Gasteiger partial charge in [-0.25, -0.2) is 9.97 Å². The molecule has 180 valence electrons. The first-order chi connectivity index (χ1) is 17.7. The number of nitrogens with zero attached hydrogens (tertiary/aromatic N) is 4. The number of hydrogen-bond donors (Lipinski definition) is 0. The van der Waals surface area contributed by atoms with E-state index in [1.165, 1.54) is 0 Å². The number of thiazole rings is 1. The zero-order chi connectivity index (χ0) is 24.5. The summed E-state index contributed by atoms with van der Waals surface area (Å²) in [6.45, 7) is 5.36. The maximum atomic E-state index is 13.7. The Kier molecular flexibility index (Phi) is 5.99. The lowest BCUT2D eigenvalue weighted by Crippen LogP contribution is -2.48. The fourth-order valence-corrected chi connectivity index (χ4v) is 5.73. The van der Waals surface area contributed by atoms with E-state index >= 15 is 0 Å². The van der Waals surface area contributed by atoms with Crippen LogP contribution in [0.5, 0.6) is 5.75 Å². The molecule has 0 spiro atoms. The number of ether oxygens (including phenoxy) is 1. The molecule has 0 bridgehead atoms. The summed E-state index contributed by atoms with van der Waals surface area (Å²) >= 11 is 1.67. The van der Waals surface area contributed by atoms with E-state index in [2.05, 4.69) is 11.0 Å². The summed E-state index contributed by atoms with van der Waals surface area (Å²) < 4.78 is 6.88. The van der Waals surface area contributed by atoms with Crippen molar-refractivity contribution < 1.29 is 9.53 Å². The van der Waals surface area contributed by atoms with Gasteiger partial charge < -0.3 is 14.5 Å². The van der Waals surface area contributed by atoms with Crippen molar-refractivity contribution in [3.63, 3.8) is 0 Å². The third kappa shape index (κ3) is 4.16. The van der Waals surface area contributed by atoms with Crippen LogP contribution in [0.3, 0.4) is 0 Å². The van der Waals surface area contributed by atoms with E-state index < -0.39 is 0 Å². The van der Waals surface area contributed by atoms with Gasteiger partial charge in [-0.1, -0.05) is 65.9 Å². The Balaban J connectivity index is 1.25. The molecular weight excluding hydrogens is 468 g/mol. The van der Waals surface area contributed by atoms with Crippen LogP contribution in [-0.2, 0) is 0 Å². The van der Waals surface area contributed by atoms with Crippen LogP contribution in [0.15, 0.2) is 78.9 Å². The lowest BCUT2D eigenvalue weighted by Gasteiger charge is -2.34. The predicted molar refractivity (Wildman–Crippen MR) is 146 cm³/mol. The van der Waals surface area contributed by atoms with Crippen LogP contribution in [0.2, 0.25) is 0 Å². The molecule has 0 unspecified atom stereocenters. The van der Waals surface area contributed by atoms with Crippen LogP contribution in [0.25, 0.3) is 32.4 Å². The van der Waals surface area contributed by atoms with Crippen LogP contribution in [0, 0.1) is 0 Å². The third-order valence-electron chi connectivity index (χ3n) is 6.52. The standard InChI is InChI=1S/C29H26N4O2S/c1-2-35-25-13-8-14-26-27(25)31-29(36-26)33-17-15-32(16-18-33)28(34)22-19-24(20-9-4-3-5-10-20)30-23-12-7-6-11-21(22)23/h3-14,19H,2,15-18H2,1H3. The summed E-state index contributed by atoms with van der Waals surface area (Å²) in [6, 6.07) is 25.9. The summed E-state index contributed by atoms with van der Waals surface area (Å²) in [5.74, 6) is 0.874. The molecule has 1 saturated heterocycles. The fourth-order valence-electron chi connectivity index (χ4n) is 4.70. The highest BCUT2D eigenvalue weighted by atomic mass is 32.1. The molecule has 0 radical (unpaired) electrons. The quantitative estimate of drug-likeness (QED) is 0.306. The molecule has 36 heavy (non-hydrogen) atoms. The number of benzene rings is 3. The Morgan fingerprint density at radius 1 is 0.917 bits per heavy atom. The van der Waals surface area contributed by atoms with Crippen LogP contribution >= 0.6 is 11.3 Å². The molecule has 0 aliphatic carbocycles.